The monoisotopic (exact) mass is 381 g/mol. The van der Waals surface area contributed by atoms with Gasteiger partial charge < -0.3 is 9.57 Å². The quantitative estimate of drug-likeness (QED) is 0.509. The summed E-state index contributed by atoms with van der Waals surface area (Å²) in [6, 6.07) is 13.0. The minimum Gasteiger partial charge on any atom is -0.496 e. The normalized spacial score (nSPS) is 10.8. The van der Waals surface area contributed by atoms with Gasteiger partial charge in [0.2, 0.25) is 0 Å². The molecule has 0 saturated heterocycles. The number of hydrogen-bond acceptors (Lipinski definition) is 6. The van der Waals surface area contributed by atoms with Crippen LogP contribution in [0.3, 0.4) is 0 Å². The third kappa shape index (κ3) is 4.51. The molecule has 0 aliphatic heterocycles. The number of rotatable bonds is 6. The van der Waals surface area contributed by atoms with Gasteiger partial charge in [-0.05, 0) is 36.8 Å². The van der Waals surface area contributed by atoms with E-state index in [9.17, 15) is 4.79 Å². The molecule has 0 spiro atoms. The van der Waals surface area contributed by atoms with E-state index >= 15 is 0 Å². The zero-order chi connectivity index (χ0) is 19.2. The van der Waals surface area contributed by atoms with Crippen LogP contribution in [0, 0.1) is 6.92 Å². The first-order chi connectivity index (χ1) is 13.1. The van der Waals surface area contributed by atoms with Crippen molar-refractivity contribution in [3.63, 3.8) is 0 Å². The van der Waals surface area contributed by atoms with Gasteiger partial charge in [0.05, 0.1) is 19.0 Å². The van der Waals surface area contributed by atoms with Crippen molar-refractivity contribution in [3.05, 3.63) is 64.5 Å². The molecule has 27 heavy (non-hydrogen) atoms. The van der Waals surface area contributed by atoms with Crippen molar-refractivity contribution in [1.29, 1.82) is 0 Å². The number of aryl methyl sites for hydroxylation is 1. The summed E-state index contributed by atoms with van der Waals surface area (Å²) in [5.41, 5.74) is 4.16. The Morgan fingerprint density at radius 1 is 1.19 bits per heavy atom. The SMILES string of the molecule is CO/N=C/c1ccc(C(=O)Nc2nc(-c3cc(C)ccc3OC)cs2)cc1. The highest BCUT2D eigenvalue weighted by molar-refractivity contribution is 7.14. The molecule has 0 bridgehead atoms. The van der Waals surface area contributed by atoms with E-state index in [1.807, 2.05) is 30.5 Å². The number of ether oxygens (including phenoxy) is 1. The summed E-state index contributed by atoms with van der Waals surface area (Å²) in [5, 5.41) is 8.96. The molecule has 0 radical (unpaired) electrons. The van der Waals surface area contributed by atoms with Crippen LogP contribution in [-0.4, -0.2) is 31.3 Å². The van der Waals surface area contributed by atoms with Gasteiger partial charge in [0.25, 0.3) is 5.91 Å². The number of hydrogen-bond donors (Lipinski definition) is 1. The van der Waals surface area contributed by atoms with Gasteiger partial charge in [0.15, 0.2) is 5.13 Å². The van der Waals surface area contributed by atoms with Crippen LogP contribution in [0.25, 0.3) is 11.3 Å². The molecular formula is C20H19N3O3S. The smallest absolute Gasteiger partial charge is 0.257 e. The van der Waals surface area contributed by atoms with E-state index < -0.39 is 0 Å². The lowest BCUT2D eigenvalue weighted by molar-refractivity contribution is 0.102. The first kappa shape index (κ1) is 18.6. The largest absolute Gasteiger partial charge is 0.496 e. The third-order valence-electron chi connectivity index (χ3n) is 3.84. The van der Waals surface area contributed by atoms with Crippen molar-refractivity contribution >= 4 is 28.6 Å². The second-order valence-electron chi connectivity index (χ2n) is 5.73. The van der Waals surface area contributed by atoms with Gasteiger partial charge in [-0.3, -0.25) is 10.1 Å². The number of nitrogens with zero attached hydrogens (tertiary/aromatic N) is 2. The fourth-order valence-electron chi connectivity index (χ4n) is 2.48. The molecule has 1 heterocycles. The van der Waals surface area contributed by atoms with Gasteiger partial charge in [0.1, 0.15) is 12.9 Å². The van der Waals surface area contributed by atoms with Crippen LogP contribution in [-0.2, 0) is 4.84 Å². The molecule has 0 aliphatic rings. The molecule has 0 saturated carbocycles. The zero-order valence-electron chi connectivity index (χ0n) is 15.2. The lowest BCUT2D eigenvalue weighted by Gasteiger charge is -2.07. The Bertz CT molecular complexity index is 965. The highest BCUT2D eigenvalue weighted by Gasteiger charge is 2.13. The highest BCUT2D eigenvalue weighted by Crippen LogP contribution is 2.33. The molecule has 0 atom stereocenters. The number of carbonyl (C=O) groups excluding carboxylic acids is 1. The van der Waals surface area contributed by atoms with Crippen LogP contribution < -0.4 is 10.1 Å². The van der Waals surface area contributed by atoms with Gasteiger partial charge in [0, 0.05) is 16.5 Å². The number of benzene rings is 2. The average Bonchev–Trinajstić information content (AvgIpc) is 3.15. The number of nitrogens with one attached hydrogen (secondary N) is 1. The second-order valence-corrected chi connectivity index (χ2v) is 6.59. The average molecular weight is 381 g/mol. The first-order valence-corrected chi connectivity index (χ1v) is 9.07. The van der Waals surface area contributed by atoms with Crippen LogP contribution >= 0.6 is 11.3 Å². The molecule has 1 N–H and O–H groups in total. The third-order valence-corrected chi connectivity index (χ3v) is 4.59. The summed E-state index contributed by atoms with van der Waals surface area (Å²) in [6.07, 6.45) is 1.57. The van der Waals surface area contributed by atoms with Crippen LogP contribution in [0.5, 0.6) is 5.75 Å². The molecule has 0 aliphatic carbocycles. The Morgan fingerprint density at radius 3 is 2.67 bits per heavy atom. The number of aromatic nitrogens is 1. The maximum atomic E-state index is 12.4. The van der Waals surface area contributed by atoms with Gasteiger partial charge in [-0.2, -0.15) is 0 Å². The van der Waals surface area contributed by atoms with Crippen molar-refractivity contribution in [3.8, 4) is 17.0 Å². The van der Waals surface area contributed by atoms with Crippen LogP contribution in [0.1, 0.15) is 21.5 Å². The van der Waals surface area contributed by atoms with Crippen molar-refractivity contribution in [2.75, 3.05) is 19.5 Å². The van der Waals surface area contributed by atoms with E-state index in [1.165, 1.54) is 18.4 Å². The fraction of sp³-hybridized carbons (Fsp3) is 0.150. The molecule has 0 unspecified atom stereocenters. The molecule has 3 aromatic rings. The second kappa shape index (κ2) is 8.46. The number of amides is 1. The summed E-state index contributed by atoms with van der Waals surface area (Å²) in [4.78, 5) is 21.6. The van der Waals surface area contributed by atoms with Crippen molar-refractivity contribution in [1.82, 2.24) is 4.98 Å². The van der Waals surface area contributed by atoms with Crippen LogP contribution in [0.2, 0.25) is 0 Å². The van der Waals surface area contributed by atoms with Gasteiger partial charge >= 0.3 is 0 Å². The predicted octanol–water partition coefficient (Wildman–Crippen LogP) is 4.36. The van der Waals surface area contributed by atoms with Gasteiger partial charge in [-0.1, -0.05) is 28.9 Å². The summed E-state index contributed by atoms with van der Waals surface area (Å²) in [7, 11) is 3.11. The molecule has 6 nitrogen and oxygen atoms in total. The zero-order valence-corrected chi connectivity index (χ0v) is 16.0. The number of methoxy groups -OCH3 is 1. The first-order valence-electron chi connectivity index (χ1n) is 8.19. The summed E-state index contributed by atoms with van der Waals surface area (Å²) in [5.74, 6) is 0.527. The van der Waals surface area contributed by atoms with Crippen molar-refractivity contribution < 1.29 is 14.4 Å². The maximum absolute atomic E-state index is 12.4. The number of thiazole rings is 1. The number of carbonyl (C=O) groups is 1. The lowest BCUT2D eigenvalue weighted by atomic mass is 10.1. The Morgan fingerprint density at radius 2 is 1.96 bits per heavy atom. The van der Waals surface area contributed by atoms with Crippen LogP contribution in [0.4, 0.5) is 5.13 Å². The lowest BCUT2D eigenvalue weighted by Crippen LogP contribution is -2.11. The van der Waals surface area contributed by atoms with E-state index in [2.05, 4.69) is 20.3 Å². The summed E-state index contributed by atoms with van der Waals surface area (Å²) in [6.45, 7) is 2.01. The minimum absolute atomic E-state index is 0.220. The minimum atomic E-state index is -0.220. The number of oxime groups is 1. The molecule has 0 fully saturated rings. The Labute approximate surface area is 161 Å². The maximum Gasteiger partial charge on any atom is 0.257 e. The van der Waals surface area contributed by atoms with Gasteiger partial charge in [-0.25, -0.2) is 4.98 Å². The molecule has 1 amide bonds. The van der Waals surface area contributed by atoms with E-state index in [-0.39, 0.29) is 5.91 Å². The van der Waals surface area contributed by atoms with E-state index in [0.29, 0.717) is 10.7 Å². The molecule has 7 heteroatoms. The van der Waals surface area contributed by atoms with E-state index in [1.54, 1.807) is 37.6 Å². The number of anilines is 1. The fourth-order valence-corrected chi connectivity index (χ4v) is 3.19. The van der Waals surface area contributed by atoms with Crippen LogP contribution in [0.15, 0.2) is 53.0 Å². The highest BCUT2D eigenvalue weighted by atomic mass is 32.1. The Balaban J connectivity index is 1.75. The van der Waals surface area contributed by atoms with E-state index in [0.717, 1.165) is 28.1 Å². The summed E-state index contributed by atoms with van der Waals surface area (Å²) < 4.78 is 5.41. The molecule has 1 aromatic heterocycles. The Kier molecular flexibility index (Phi) is 5.83. The summed E-state index contributed by atoms with van der Waals surface area (Å²) >= 11 is 1.37. The molecule has 138 valence electrons. The van der Waals surface area contributed by atoms with Crippen molar-refractivity contribution in [2.24, 2.45) is 5.16 Å². The molecular weight excluding hydrogens is 362 g/mol. The predicted molar refractivity (Wildman–Crippen MR) is 108 cm³/mol. The van der Waals surface area contributed by atoms with Crippen molar-refractivity contribution in [2.45, 2.75) is 6.92 Å². The molecule has 3 rings (SSSR count). The van der Waals surface area contributed by atoms with E-state index in [4.69, 9.17) is 4.74 Å². The topological polar surface area (TPSA) is 72.8 Å². The Hall–Kier alpha value is -3.19. The molecule has 2 aromatic carbocycles. The van der Waals surface area contributed by atoms with Gasteiger partial charge in [-0.15, -0.1) is 11.3 Å². The standard InChI is InChI=1S/C20H19N3O3S/c1-13-4-9-18(25-2)16(10-13)17-12-27-20(22-17)23-19(24)15-7-5-14(6-8-15)11-21-26-3/h4-12H,1-3H3,(H,22,23,24)/b21-11+.